The van der Waals surface area contributed by atoms with Crippen molar-refractivity contribution in [2.45, 2.75) is 32.3 Å². The van der Waals surface area contributed by atoms with Crippen molar-refractivity contribution in [3.8, 4) is 0 Å². The summed E-state index contributed by atoms with van der Waals surface area (Å²) in [4.78, 5) is 16.4. The van der Waals surface area contributed by atoms with E-state index in [0.29, 0.717) is 13.0 Å². The first-order valence-electron chi connectivity index (χ1n) is 7.97. The number of benzene rings is 1. The summed E-state index contributed by atoms with van der Waals surface area (Å²) in [6.45, 7) is 5.74. The van der Waals surface area contributed by atoms with E-state index >= 15 is 0 Å². The molecule has 22 heavy (non-hydrogen) atoms. The average molecular weight is 325 g/mol. The summed E-state index contributed by atoms with van der Waals surface area (Å²) in [5.74, 6) is 0.241. The van der Waals surface area contributed by atoms with Crippen molar-refractivity contribution in [2.24, 2.45) is 0 Å². The second-order valence-corrected chi connectivity index (χ2v) is 6.45. The van der Waals surface area contributed by atoms with Gasteiger partial charge in [0.15, 0.2) is 0 Å². The summed E-state index contributed by atoms with van der Waals surface area (Å²) in [6, 6.07) is 7.81. The number of hydrogen-bond acceptors (Lipinski definition) is 3. The molecule has 4 nitrogen and oxygen atoms in total. The highest BCUT2D eigenvalue weighted by molar-refractivity contribution is 6.30. The molecule has 1 atom stereocenters. The van der Waals surface area contributed by atoms with E-state index in [4.69, 9.17) is 11.6 Å². The van der Waals surface area contributed by atoms with Gasteiger partial charge in [0.2, 0.25) is 5.91 Å². The highest BCUT2D eigenvalue weighted by Gasteiger charge is 2.21. The number of rotatable bonds is 6. The first kappa shape index (κ1) is 17.3. The normalized spacial score (nSPS) is 17.5. The van der Waals surface area contributed by atoms with Crippen LogP contribution in [-0.2, 0) is 11.2 Å². The molecule has 1 saturated heterocycles. The monoisotopic (exact) mass is 324 g/mol. The molecular formula is C17H25ClN2O2. The number of hydrogen-bond donors (Lipinski definition) is 1. The largest absolute Gasteiger partial charge is 0.392 e. The van der Waals surface area contributed by atoms with E-state index in [9.17, 15) is 9.90 Å². The molecule has 1 aliphatic rings. The van der Waals surface area contributed by atoms with Crippen LogP contribution in [0.25, 0.3) is 0 Å². The zero-order chi connectivity index (χ0) is 15.9. The van der Waals surface area contributed by atoms with Crippen LogP contribution in [0.3, 0.4) is 0 Å². The van der Waals surface area contributed by atoms with Crippen molar-refractivity contribution in [1.82, 2.24) is 9.80 Å². The van der Waals surface area contributed by atoms with Crippen molar-refractivity contribution < 1.29 is 9.90 Å². The molecule has 0 bridgehead atoms. The summed E-state index contributed by atoms with van der Waals surface area (Å²) < 4.78 is 0. The van der Waals surface area contributed by atoms with E-state index in [0.717, 1.165) is 44.0 Å². The maximum atomic E-state index is 12.2. The summed E-state index contributed by atoms with van der Waals surface area (Å²) >= 11 is 5.86. The molecule has 1 N–H and O–H groups in total. The van der Waals surface area contributed by atoms with Crippen LogP contribution in [0.2, 0.25) is 5.02 Å². The van der Waals surface area contributed by atoms with E-state index in [-0.39, 0.29) is 12.0 Å². The summed E-state index contributed by atoms with van der Waals surface area (Å²) in [5, 5.41) is 10.1. The van der Waals surface area contributed by atoms with Crippen molar-refractivity contribution in [1.29, 1.82) is 0 Å². The second kappa shape index (κ2) is 8.51. The van der Waals surface area contributed by atoms with E-state index in [2.05, 4.69) is 4.90 Å². The van der Waals surface area contributed by atoms with Gasteiger partial charge in [0.25, 0.3) is 0 Å². The molecule has 1 heterocycles. The number of piperazine rings is 1. The fraction of sp³-hybridized carbons (Fsp3) is 0.588. The number of aliphatic hydroxyl groups excluding tert-OH is 1. The van der Waals surface area contributed by atoms with Gasteiger partial charge in [-0.1, -0.05) is 23.7 Å². The maximum Gasteiger partial charge on any atom is 0.222 e. The molecule has 0 radical (unpaired) electrons. The minimum atomic E-state index is -0.304. The molecule has 1 aliphatic heterocycles. The van der Waals surface area contributed by atoms with Crippen LogP contribution < -0.4 is 0 Å². The highest BCUT2D eigenvalue weighted by Crippen LogP contribution is 2.12. The molecule has 1 fully saturated rings. The van der Waals surface area contributed by atoms with Crippen LogP contribution in [0.1, 0.15) is 25.3 Å². The molecule has 0 saturated carbocycles. The summed E-state index contributed by atoms with van der Waals surface area (Å²) in [7, 11) is 0. The fourth-order valence-corrected chi connectivity index (χ4v) is 2.93. The van der Waals surface area contributed by atoms with Gasteiger partial charge in [0, 0.05) is 44.2 Å². The molecule has 5 heteroatoms. The van der Waals surface area contributed by atoms with Crippen LogP contribution in [0, 0.1) is 0 Å². The van der Waals surface area contributed by atoms with Gasteiger partial charge in [-0.15, -0.1) is 0 Å². The van der Waals surface area contributed by atoms with Crippen LogP contribution in [0.15, 0.2) is 24.3 Å². The Balaban J connectivity index is 1.67. The molecule has 0 aliphatic carbocycles. The number of amides is 1. The Morgan fingerprint density at radius 1 is 1.23 bits per heavy atom. The lowest BCUT2D eigenvalue weighted by Gasteiger charge is -2.35. The van der Waals surface area contributed by atoms with Gasteiger partial charge in [0.05, 0.1) is 6.10 Å². The van der Waals surface area contributed by atoms with Gasteiger partial charge in [-0.3, -0.25) is 9.69 Å². The van der Waals surface area contributed by atoms with Gasteiger partial charge < -0.3 is 10.0 Å². The predicted octanol–water partition coefficient (Wildman–Crippen LogP) is 2.19. The first-order valence-corrected chi connectivity index (χ1v) is 8.35. The lowest BCUT2D eigenvalue weighted by atomic mass is 10.1. The van der Waals surface area contributed by atoms with E-state index in [1.54, 1.807) is 6.92 Å². The lowest BCUT2D eigenvalue weighted by Crippen LogP contribution is -2.50. The smallest absolute Gasteiger partial charge is 0.222 e. The third-order valence-corrected chi connectivity index (χ3v) is 4.27. The molecule has 0 spiro atoms. The van der Waals surface area contributed by atoms with Gasteiger partial charge >= 0.3 is 0 Å². The highest BCUT2D eigenvalue weighted by atomic mass is 35.5. The minimum absolute atomic E-state index is 0.241. The fourth-order valence-electron chi connectivity index (χ4n) is 2.81. The molecule has 0 aromatic heterocycles. The summed E-state index contributed by atoms with van der Waals surface area (Å²) in [6.07, 6.45) is 2.07. The lowest BCUT2D eigenvalue weighted by molar-refractivity contribution is -0.133. The standard InChI is InChI=1S/C17H25ClN2O2/c1-14(21)13-19-9-11-20(12-10-19)17(22)4-2-3-15-5-7-16(18)8-6-15/h5-8,14,21H,2-4,9-13H2,1H3/t14-/m1/s1. The topological polar surface area (TPSA) is 43.8 Å². The third kappa shape index (κ3) is 5.59. The number of β-amino-alcohol motifs (C(OH)–C–C–N with tert-alkyl or cyclic N) is 1. The SMILES string of the molecule is C[C@@H](O)CN1CCN(C(=O)CCCc2ccc(Cl)cc2)CC1. The molecule has 1 aromatic carbocycles. The Morgan fingerprint density at radius 2 is 1.86 bits per heavy atom. The predicted molar refractivity (Wildman–Crippen MR) is 89.1 cm³/mol. The van der Waals surface area contributed by atoms with E-state index in [1.165, 1.54) is 5.56 Å². The van der Waals surface area contributed by atoms with Gasteiger partial charge in [-0.05, 0) is 37.5 Å². The minimum Gasteiger partial charge on any atom is -0.392 e. The van der Waals surface area contributed by atoms with Gasteiger partial charge in [-0.25, -0.2) is 0 Å². The van der Waals surface area contributed by atoms with Crippen molar-refractivity contribution in [2.75, 3.05) is 32.7 Å². The molecular weight excluding hydrogens is 300 g/mol. The molecule has 1 aromatic rings. The third-order valence-electron chi connectivity index (χ3n) is 4.02. The van der Waals surface area contributed by atoms with E-state index < -0.39 is 0 Å². The molecule has 0 unspecified atom stereocenters. The Kier molecular flexibility index (Phi) is 6.68. The Bertz CT molecular complexity index is 468. The quantitative estimate of drug-likeness (QED) is 0.872. The Labute approximate surface area is 137 Å². The number of aryl methyl sites for hydroxylation is 1. The maximum absolute atomic E-state index is 12.2. The number of nitrogens with zero attached hydrogens (tertiary/aromatic N) is 2. The number of halogens is 1. The Hall–Kier alpha value is -1.10. The van der Waals surface area contributed by atoms with Crippen molar-refractivity contribution in [3.63, 3.8) is 0 Å². The number of carbonyl (C=O) groups excluding carboxylic acids is 1. The summed E-state index contributed by atoms with van der Waals surface area (Å²) in [5.41, 5.74) is 1.22. The first-order chi connectivity index (χ1) is 10.5. The van der Waals surface area contributed by atoms with E-state index in [1.807, 2.05) is 29.2 Å². The number of aliphatic hydroxyl groups is 1. The van der Waals surface area contributed by atoms with Crippen LogP contribution in [0.5, 0.6) is 0 Å². The average Bonchev–Trinajstić information content (AvgIpc) is 2.49. The zero-order valence-corrected chi connectivity index (χ0v) is 13.9. The Morgan fingerprint density at radius 3 is 2.45 bits per heavy atom. The van der Waals surface area contributed by atoms with Crippen molar-refractivity contribution >= 4 is 17.5 Å². The van der Waals surface area contributed by atoms with Crippen LogP contribution >= 0.6 is 11.6 Å². The van der Waals surface area contributed by atoms with Crippen LogP contribution in [-0.4, -0.2) is 59.6 Å². The second-order valence-electron chi connectivity index (χ2n) is 6.01. The van der Waals surface area contributed by atoms with Gasteiger partial charge in [-0.2, -0.15) is 0 Å². The van der Waals surface area contributed by atoms with Gasteiger partial charge in [0.1, 0.15) is 0 Å². The molecule has 122 valence electrons. The van der Waals surface area contributed by atoms with Crippen LogP contribution in [0.4, 0.5) is 0 Å². The molecule has 1 amide bonds. The zero-order valence-electron chi connectivity index (χ0n) is 13.2. The van der Waals surface area contributed by atoms with Crippen molar-refractivity contribution in [3.05, 3.63) is 34.9 Å². The number of carbonyl (C=O) groups is 1. The molecule has 2 rings (SSSR count).